The fourth-order valence-corrected chi connectivity index (χ4v) is 4.22. The third kappa shape index (κ3) is 2.89. The largest absolute Gasteiger partial charge is 0.370 e. The monoisotopic (exact) mass is 406 g/mol. The van der Waals surface area contributed by atoms with E-state index < -0.39 is 6.55 Å². The molecule has 1 saturated heterocycles. The summed E-state index contributed by atoms with van der Waals surface area (Å²) in [5, 5.41) is 18.4. The van der Waals surface area contributed by atoms with E-state index in [9.17, 15) is 14.0 Å². The molecule has 1 aliphatic rings. The van der Waals surface area contributed by atoms with E-state index in [1.807, 2.05) is 35.8 Å². The van der Waals surface area contributed by atoms with Gasteiger partial charge in [0.1, 0.15) is 0 Å². The van der Waals surface area contributed by atoms with Crippen molar-refractivity contribution in [3.63, 3.8) is 0 Å². The molecule has 0 aliphatic carbocycles. The Bertz CT molecular complexity index is 1270. The molecule has 0 N–H and O–H groups in total. The predicted octanol–water partition coefficient (Wildman–Crippen LogP) is 4.88. The quantitative estimate of drug-likeness (QED) is 0.487. The van der Waals surface area contributed by atoms with Gasteiger partial charge in [0.25, 0.3) is 0 Å². The van der Waals surface area contributed by atoms with E-state index in [0.29, 0.717) is 10.9 Å². The van der Waals surface area contributed by atoms with Crippen LogP contribution < -0.4 is 4.90 Å². The van der Waals surface area contributed by atoms with E-state index in [1.165, 1.54) is 6.20 Å². The maximum absolute atomic E-state index is 13.1. The number of pyridine rings is 1. The van der Waals surface area contributed by atoms with Crippen molar-refractivity contribution in [3.8, 4) is 17.2 Å². The first-order chi connectivity index (χ1) is 14.5. The molecular formula is C22H20F2N6. The van der Waals surface area contributed by atoms with Crippen molar-refractivity contribution in [3.05, 3.63) is 48.9 Å². The molecule has 30 heavy (non-hydrogen) atoms. The van der Waals surface area contributed by atoms with E-state index in [-0.39, 0.29) is 5.41 Å². The van der Waals surface area contributed by atoms with E-state index in [1.54, 1.807) is 12.3 Å². The van der Waals surface area contributed by atoms with Crippen molar-refractivity contribution >= 4 is 22.1 Å². The summed E-state index contributed by atoms with van der Waals surface area (Å²) in [5.74, 6) is 0. The van der Waals surface area contributed by atoms with Gasteiger partial charge < -0.3 is 4.90 Å². The smallest absolute Gasteiger partial charge is 0.333 e. The molecule has 0 bridgehead atoms. The summed E-state index contributed by atoms with van der Waals surface area (Å²) in [7, 11) is 0. The molecule has 0 radical (unpaired) electrons. The van der Waals surface area contributed by atoms with Crippen LogP contribution in [0.25, 0.3) is 27.5 Å². The Kier molecular flexibility index (Phi) is 4.21. The van der Waals surface area contributed by atoms with Crippen molar-refractivity contribution in [1.29, 1.82) is 5.26 Å². The lowest BCUT2D eigenvalue weighted by Crippen LogP contribution is -2.38. The van der Waals surface area contributed by atoms with Crippen LogP contribution in [0.2, 0.25) is 0 Å². The second kappa shape index (κ2) is 6.80. The highest BCUT2D eigenvalue weighted by Gasteiger charge is 2.31. The Labute approximate surface area is 171 Å². The van der Waals surface area contributed by atoms with Gasteiger partial charge in [-0.3, -0.25) is 0 Å². The molecule has 152 valence electrons. The highest BCUT2D eigenvalue weighted by Crippen LogP contribution is 2.37. The number of nitriles is 1. The van der Waals surface area contributed by atoms with Crippen LogP contribution >= 0.6 is 0 Å². The van der Waals surface area contributed by atoms with E-state index >= 15 is 0 Å². The van der Waals surface area contributed by atoms with Crippen LogP contribution in [0.15, 0.2) is 48.9 Å². The second-order valence-corrected chi connectivity index (χ2v) is 8.04. The zero-order valence-corrected chi connectivity index (χ0v) is 16.5. The van der Waals surface area contributed by atoms with Gasteiger partial charge in [0.15, 0.2) is 0 Å². The maximum Gasteiger partial charge on any atom is 0.333 e. The number of fused-ring (bicyclic) bond motifs is 2. The molecule has 6 nitrogen and oxygen atoms in total. The summed E-state index contributed by atoms with van der Waals surface area (Å²) in [5.41, 5.74) is 3.99. The van der Waals surface area contributed by atoms with Gasteiger partial charge in [-0.2, -0.15) is 24.2 Å². The number of hydrogen-bond acceptors (Lipinski definition) is 4. The molecule has 1 aromatic carbocycles. The van der Waals surface area contributed by atoms with Gasteiger partial charge in [-0.05, 0) is 49.6 Å². The second-order valence-electron chi connectivity index (χ2n) is 8.04. The van der Waals surface area contributed by atoms with Crippen LogP contribution in [0, 0.1) is 16.7 Å². The Balaban J connectivity index is 1.58. The van der Waals surface area contributed by atoms with Crippen LogP contribution in [0.3, 0.4) is 0 Å². The summed E-state index contributed by atoms with van der Waals surface area (Å²) >= 11 is 0. The Morgan fingerprint density at radius 2 is 1.93 bits per heavy atom. The lowest BCUT2D eigenvalue weighted by molar-refractivity contribution is 0.0615. The number of alkyl halides is 2. The lowest BCUT2D eigenvalue weighted by atomic mass is 9.82. The van der Waals surface area contributed by atoms with Crippen molar-refractivity contribution in [1.82, 2.24) is 19.4 Å². The molecular weight excluding hydrogens is 386 g/mol. The number of hydrogen-bond donors (Lipinski definition) is 0. The van der Waals surface area contributed by atoms with Crippen LogP contribution in [0.1, 0.15) is 26.3 Å². The van der Waals surface area contributed by atoms with Crippen molar-refractivity contribution in [2.24, 2.45) is 5.41 Å². The number of aromatic nitrogens is 4. The molecule has 8 heteroatoms. The Morgan fingerprint density at radius 1 is 1.13 bits per heavy atom. The summed E-state index contributed by atoms with van der Waals surface area (Å²) < 4.78 is 28.8. The molecule has 0 atom stereocenters. The van der Waals surface area contributed by atoms with Gasteiger partial charge in [0.05, 0.1) is 40.6 Å². The first-order valence-electron chi connectivity index (χ1n) is 9.87. The number of piperidine rings is 1. The minimum atomic E-state index is -2.67. The van der Waals surface area contributed by atoms with Gasteiger partial charge in [-0.25, -0.2) is 9.20 Å². The third-order valence-electron chi connectivity index (χ3n) is 6.09. The van der Waals surface area contributed by atoms with Crippen LogP contribution in [-0.2, 0) is 0 Å². The molecule has 0 unspecified atom stereocenters. The topological polar surface area (TPSA) is 62.1 Å². The number of halogens is 2. The third-order valence-corrected chi connectivity index (χ3v) is 6.09. The van der Waals surface area contributed by atoms with Crippen molar-refractivity contribution in [2.45, 2.75) is 26.3 Å². The number of anilines is 1. The average molecular weight is 406 g/mol. The SMILES string of the molecule is CC1(C#N)CCN(c2cccn3ncc(-c4ccc5c(cnn5C(F)F)c4)c23)CC1. The van der Waals surface area contributed by atoms with Gasteiger partial charge in [-0.1, -0.05) is 6.07 Å². The molecule has 5 rings (SSSR count). The highest BCUT2D eigenvalue weighted by atomic mass is 19.3. The van der Waals surface area contributed by atoms with E-state index in [0.717, 1.165) is 52.9 Å². The molecule has 4 heterocycles. The number of rotatable bonds is 3. The van der Waals surface area contributed by atoms with Gasteiger partial charge in [0, 0.05) is 30.2 Å². The molecule has 0 saturated carbocycles. The zero-order chi connectivity index (χ0) is 20.9. The first kappa shape index (κ1) is 18.6. The van der Waals surface area contributed by atoms with Crippen LogP contribution in [0.5, 0.6) is 0 Å². The normalized spacial score (nSPS) is 16.4. The van der Waals surface area contributed by atoms with E-state index in [4.69, 9.17) is 0 Å². The summed E-state index contributed by atoms with van der Waals surface area (Å²) in [6, 6.07) is 11.9. The predicted molar refractivity (Wildman–Crippen MR) is 110 cm³/mol. The van der Waals surface area contributed by atoms with Gasteiger partial charge >= 0.3 is 6.55 Å². The average Bonchev–Trinajstić information content (AvgIpc) is 3.38. The van der Waals surface area contributed by atoms with Gasteiger partial charge in [0.2, 0.25) is 0 Å². The lowest BCUT2D eigenvalue weighted by Gasteiger charge is -2.36. The molecule has 1 fully saturated rings. The van der Waals surface area contributed by atoms with Gasteiger partial charge in [-0.15, -0.1) is 0 Å². The Morgan fingerprint density at radius 3 is 2.67 bits per heavy atom. The fraction of sp³-hybridized carbons (Fsp3) is 0.318. The molecule has 0 amide bonds. The zero-order valence-electron chi connectivity index (χ0n) is 16.5. The highest BCUT2D eigenvalue weighted by molar-refractivity contribution is 5.93. The first-order valence-corrected chi connectivity index (χ1v) is 9.87. The number of nitrogens with zero attached hydrogens (tertiary/aromatic N) is 6. The van der Waals surface area contributed by atoms with Crippen molar-refractivity contribution in [2.75, 3.05) is 18.0 Å². The minimum Gasteiger partial charge on any atom is -0.370 e. The summed E-state index contributed by atoms with van der Waals surface area (Å²) in [6.45, 7) is 0.947. The molecule has 3 aromatic heterocycles. The standard InChI is InChI=1S/C22H20F2N6/c1-22(14-25)6-9-28(10-7-22)19-3-2-8-29-20(19)17(13-26-29)15-4-5-18-16(11-15)12-27-30(18)21(23)24/h2-5,8,11-13,21H,6-7,9-10H2,1H3. The van der Waals surface area contributed by atoms with Crippen molar-refractivity contribution < 1.29 is 8.78 Å². The van der Waals surface area contributed by atoms with Crippen LogP contribution in [-0.4, -0.2) is 32.5 Å². The molecule has 0 spiro atoms. The summed E-state index contributed by atoms with van der Waals surface area (Å²) in [6.07, 6.45) is 6.80. The molecule has 4 aromatic rings. The summed E-state index contributed by atoms with van der Waals surface area (Å²) in [4.78, 5) is 2.30. The van der Waals surface area contributed by atoms with E-state index in [2.05, 4.69) is 27.2 Å². The minimum absolute atomic E-state index is 0.277. The fourth-order valence-electron chi connectivity index (χ4n) is 4.22. The Hall–Kier alpha value is -3.47. The number of benzene rings is 1. The maximum atomic E-state index is 13.1. The molecule has 1 aliphatic heterocycles. The van der Waals surface area contributed by atoms with Crippen LogP contribution in [0.4, 0.5) is 14.5 Å².